The summed E-state index contributed by atoms with van der Waals surface area (Å²) in [6.07, 6.45) is 0. The number of hydrogen-bond acceptors (Lipinski definition) is 4. The molecule has 1 heterocycles. The average molecular weight is 268 g/mol. The Kier molecular flexibility index (Phi) is 4.71. The fourth-order valence-electron chi connectivity index (χ4n) is 1.85. The van der Waals surface area contributed by atoms with Crippen molar-refractivity contribution in [3.05, 3.63) is 70.9 Å². The summed E-state index contributed by atoms with van der Waals surface area (Å²) in [5.41, 5.74) is 1.53. The highest BCUT2D eigenvalue weighted by atomic mass is 16.4. The van der Waals surface area contributed by atoms with E-state index in [9.17, 15) is 4.79 Å². The molecule has 3 aromatic rings. The molecule has 0 unspecified atom stereocenters. The summed E-state index contributed by atoms with van der Waals surface area (Å²) in [6.45, 7) is 0. The third-order valence-electron chi connectivity index (χ3n) is 2.69. The van der Waals surface area contributed by atoms with Crippen molar-refractivity contribution in [2.24, 2.45) is 0 Å². The van der Waals surface area contributed by atoms with Gasteiger partial charge in [-0.3, -0.25) is 4.79 Å². The first kappa shape index (κ1) is 14.1. The Labute approximate surface area is 116 Å². The lowest BCUT2D eigenvalue weighted by molar-refractivity contribution is 0.448. The van der Waals surface area contributed by atoms with Crippen molar-refractivity contribution in [3.63, 3.8) is 0 Å². The van der Waals surface area contributed by atoms with Crippen LogP contribution < -0.4 is 5.43 Å². The number of rotatable bonds is 1. The molecule has 2 N–H and O–H groups in total. The highest BCUT2D eigenvalue weighted by Crippen LogP contribution is 2.21. The quantitative estimate of drug-likeness (QED) is 0.659. The van der Waals surface area contributed by atoms with Crippen LogP contribution in [0.4, 0.5) is 0 Å². The van der Waals surface area contributed by atoms with E-state index >= 15 is 0 Å². The zero-order valence-electron chi connectivity index (χ0n) is 10.7. The molecule has 2 aromatic carbocycles. The SMILES string of the molecule is O=c1cc(-c2ccccc2)oc2ccccc12.OBO. The molecule has 0 spiro atoms. The van der Waals surface area contributed by atoms with Crippen LogP contribution in [0.1, 0.15) is 0 Å². The van der Waals surface area contributed by atoms with E-state index < -0.39 is 7.69 Å². The number of hydrogen-bond donors (Lipinski definition) is 2. The second kappa shape index (κ2) is 6.70. The molecule has 0 radical (unpaired) electrons. The third-order valence-corrected chi connectivity index (χ3v) is 2.69. The average Bonchev–Trinajstić information content (AvgIpc) is 2.49. The summed E-state index contributed by atoms with van der Waals surface area (Å²) < 4.78 is 5.73. The maximum absolute atomic E-state index is 11.9. The first-order valence-corrected chi connectivity index (χ1v) is 6.06. The maximum atomic E-state index is 11.9. The Balaban J connectivity index is 0.000000452. The van der Waals surface area contributed by atoms with Crippen LogP contribution in [0, 0.1) is 0 Å². The lowest BCUT2D eigenvalue weighted by atomic mass is 10.1. The summed E-state index contributed by atoms with van der Waals surface area (Å²) in [6, 6.07) is 18.4. The van der Waals surface area contributed by atoms with Gasteiger partial charge in [-0.2, -0.15) is 0 Å². The smallest absolute Gasteiger partial charge is 0.432 e. The summed E-state index contributed by atoms with van der Waals surface area (Å²) in [4.78, 5) is 11.9. The Hall–Kier alpha value is -2.37. The summed E-state index contributed by atoms with van der Waals surface area (Å²) in [7, 11) is -0.750. The fraction of sp³-hybridized carbons (Fsp3) is 0. The zero-order chi connectivity index (χ0) is 14.4. The second-order valence-electron chi connectivity index (χ2n) is 3.98. The van der Waals surface area contributed by atoms with Crippen LogP contribution in [0.15, 0.2) is 69.9 Å². The van der Waals surface area contributed by atoms with Gasteiger partial charge < -0.3 is 14.5 Å². The largest absolute Gasteiger partial charge is 0.456 e. The van der Waals surface area contributed by atoms with Gasteiger partial charge in [0.25, 0.3) is 0 Å². The van der Waals surface area contributed by atoms with E-state index in [1.165, 1.54) is 6.07 Å². The van der Waals surface area contributed by atoms with Gasteiger partial charge in [-0.05, 0) is 12.1 Å². The van der Waals surface area contributed by atoms with Gasteiger partial charge in [0.05, 0.1) is 5.39 Å². The van der Waals surface area contributed by atoms with Crippen molar-refractivity contribution in [3.8, 4) is 11.3 Å². The van der Waals surface area contributed by atoms with Crippen LogP contribution >= 0.6 is 0 Å². The molecule has 0 amide bonds. The minimum absolute atomic E-state index is 0.00861. The second-order valence-corrected chi connectivity index (χ2v) is 3.98. The first-order valence-electron chi connectivity index (χ1n) is 6.06. The molecule has 0 atom stereocenters. The van der Waals surface area contributed by atoms with Crippen LogP contribution in [0.2, 0.25) is 0 Å². The number of benzene rings is 2. The molecule has 0 bridgehead atoms. The van der Waals surface area contributed by atoms with Crippen molar-refractivity contribution in [1.82, 2.24) is 0 Å². The van der Waals surface area contributed by atoms with Crippen molar-refractivity contribution in [2.45, 2.75) is 0 Å². The summed E-state index contributed by atoms with van der Waals surface area (Å²) in [5, 5.41) is 14.9. The van der Waals surface area contributed by atoms with E-state index in [0.29, 0.717) is 16.7 Å². The third kappa shape index (κ3) is 3.14. The molecule has 4 nitrogen and oxygen atoms in total. The molecule has 1 aromatic heterocycles. The van der Waals surface area contributed by atoms with Gasteiger partial charge in [0, 0.05) is 11.6 Å². The number of para-hydroxylation sites is 1. The van der Waals surface area contributed by atoms with Crippen molar-refractivity contribution >= 4 is 18.7 Å². The monoisotopic (exact) mass is 268 g/mol. The van der Waals surface area contributed by atoms with Gasteiger partial charge in [0.15, 0.2) is 5.43 Å². The topological polar surface area (TPSA) is 70.7 Å². The first-order chi connectivity index (χ1) is 9.76. The fourth-order valence-corrected chi connectivity index (χ4v) is 1.85. The van der Waals surface area contributed by atoms with Crippen molar-refractivity contribution in [2.75, 3.05) is 0 Å². The predicted molar refractivity (Wildman–Crippen MR) is 79.5 cm³/mol. The molecule has 0 aliphatic rings. The molecule has 3 rings (SSSR count). The van der Waals surface area contributed by atoms with E-state index in [-0.39, 0.29) is 5.43 Å². The molecule has 5 heteroatoms. The summed E-state index contributed by atoms with van der Waals surface area (Å²) in [5.74, 6) is 0.606. The molecule has 100 valence electrons. The van der Waals surface area contributed by atoms with Crippen molar-refractivity contribution in [1.29, 1.82) is 0 Å². The highest BCUT2D eigenvalue weighted by Gasteiger charge is 2.05. The van der Waals surface area contributed by atoms with E-state index in [4.69, 9.17) is 14.5 Å². The molecule has 20 heavy (non-hydrogen) atoms. The lowest BCUT2D eigenvalue weighted by Crippen LogP contribution is -1.99. The van der Waals surface area contributed by atoms with Gasteiger partial charge in [-0.15, -0.1) is 0 Å². The number of fused-ring (bicyclic) bond motifs is 1. The standard InChI is InChI=1S/C15H10O2.BH3O2/c16-13-10-15(11-6-2-1-3-7-11)17-14-9-5-4-8-12(13)14;2-1-3/h1-10H;1-3H. The maximum Gasteiger partial charge on any atom is 0.432 e. The van der Waals surface area contributed by atoms with Crippen molar-refractivity contribution < 1.29 is 14.5 Å². The normalized spacial score (nSPS) is 9.70. The van der Waals surface area contributed by atoms with Crippen LogP contribution in [0.25, 0.3) is 22.3 Å². The Morgan fingerprint density at radius 2 is 1.50 bits per heavy atom. The van der Waals surface area contributed by atoms with E-state index in [2.05, 4.69) is 0 Å². The minimum Gasteiger partial charge on any atom is -0.456 e. The molecule has 0 aliphatic carbocycles. The molecule has 0 aliphatic heterocycles. The van der Waals surface area contributed by atoms with E-state index in [0.717, 1.165) is 5.56 Å². The lowest BCUT2D eigenvalue weighted by Gasteiger charge is -2.02. The molecular weight excluding hydrogens is 255 g/mol. The van der Waals surface area contributed by atoms with Crippen LogP contribution in [0.5, 0.6) is 0 Å². The Bertz CT molecular complexity index is 737. The minimum atomic E-state index is -0.750. The van der Waals surface area contributed by atoms with Gasteiger partial charge in [0.1, 0.15) is 11.3 Å². The predicted octanol–water partition coefficient (Wildman–Crippen LogP) is 1.70. The van der Waals surface area contributed by atoms with Crippen LogP contribution in [-0.4, -0.2) is 17.7 Å². The van der Waals surface area contributed by atoms with Gasteiger partial charge in [0.2, 0.25) is 0 Å². The summed E-state index contributed by atoms with van der Waals surface area (Å²) >= 11 is 0. The van der Waals surface area contributed by atoms with Gasteiger partial charge >= 0.3 is 7.69 Å². The molecule has 0 saturated heterocycles. The molecular formula is C15H13BO4. The Morgan fingerprint density at radius 3 is 2.20 bits per heavy atom. The highest BCUT2D eigenvalue weighted by molar-refractivity contribution is 6.13. The van der Waals surface area contributed by atoms with Gasteiger partial charge in [-0.25, -0.2) is 0 Å². The molecule has 0 saturated carbocycles. The van der Waals surface area contributed by atoms with Crippen LogP contribution in [0.3, 0.4) is 0 Å². The van der Waals surface area contributed by atoms with E-state index in [1.807, 2.05) is 48.5 Å². The van der Waals surface area contributed by atoms with Crippen LogP contribution in [-0.2, 0) is 0 Å². The van der Waals surface area contributed by atoms with Gasteiger partial charge in [-0.1, -0.05) is 42.5 Å². The zero-order valence-corrected chi connectivity index (χ0v) is 10.7. The molecule has 0 fully saturated rings. The van der Waals surface area contributed by atoms with E-state index in [1.54, 1.807) is 6.07 Å². The Morgan fingerprint density at radius 1 is 0.900 bits per heavy atom.